The molecule has 2 aromatic heterocycles. The molecular weight excluding hydrogens is 623 g/mol. The Bertz CT molecular complexity index is 1780. The number of hydrogen-bond acceptors (Lipinski definition) is 8. The van der Waals surface area contributed by atoms with Crippen molar-refractivity contribution in [3.63, 3.8) is 0 Å². The van der Waals surface area contributed by atoms with Crippen molar-refractivity contribution >= 4 is 74.7 Å². The van der Waals surface area contributed by atoms with Crippen LogP contribution in [-0.4, -0.2) is 42.1 Å². The molecule has 3 aromatic carbocycles. The van der Waals surface area contributed by atoms with E-state index >= 15 is 0 Å². The molecule has 0 fully saturated rings. The summed E-state index contributed by atoms with van der Waals surface area (Å²) in [6.45, 7) is 1.83. The summed E-state index contributed by atoms with van der Waals surface area (Å²) in [6, 6.07) is 27.6. The summed E-state index contributed by atoms with van der Waals surface area (Å²) in [4.78, 5) is 47.6. The van der Waals surface area contributed by atoms with E-state index in [-0.39, 0.29) is 22.8 Å². The van der Waals surface area contributed by atoms with Crippen LogP contribution < -0.4 is 20.9 Å². The van der Waals surface area contributed by atoms with Crippen molar-refractivity contribution in [2.24, 2.45) is 0 Å². The van der Waals surface area contributed by atoms with Crippen molar-refractivity contribution < 1.29 is 14.4 Å². The molecule has 8 nitrogen and oxygen atoms in total. The minimum Gasteiger partial charge on any atom is -0.378 e. The van der Waals surface area contributed by atoms with Gasteiger partial charge in [0.2, 0.25) is 5.91 Å². The number of aromatic nitrogens is 1. The molecule has 0 bridgehead atoms. The monoisotopic (exact) mass is 653 g/mol. The van der Waals surface area contributed by atoms with Gasteiger partial charge in [0.1, 0.15) is 5.70 Å². The molecule has 0 radical (unpaired) electrons. The molecule has 11 heteroatoms. The zero-order valence-electron chi connectivity index (χ0n) is 24.8. The van der Waals surface area contributed by atoms with E-state index in [1.165, 1.54) is 23.1 Å². The first kappa shape index (κ1) is 31.7. The maximum atomic E-state index is 13.4. The highest BCUT2D eigenvalue weighted by Gasteiger charge is 2.18. The standard InChI is InChI=1S/C34H31N5O3S3/c1-22(31(40)38-34-37-29(21-44-34)30-10-7-19-43-30)45-27-17-13-25(14-18-27)35-33(42)28(36-32(41)24-8-5-4-6-9-24)20-23-11-15-26(16-12-23)39(2)3/h4-22H,1-3H3,(H,35,42)(H,36,41)(H,37,38,40)/b28-20-. The van der Waals surface area contributed by atoms with Gasteiger partial charge in [0.05, 0.1) is 15.8 Å². The number of benzene rings is 3. The van der Waals surface area contributed by atoms with E-state index in [9.17, 15) is 14.4 Å². The minimum absolute atomic E-state index is 0.106. The van der Waals surface area contributed by atoms with Gasteiger partial charge in [0.25, 0.3) is 11.8 Å². The first-order chi connectivity index (χ1) is 21.7. The first-order valence-electron chi connectivity index (χ1n) is 14.0. The van der Waals surface area contributed by atoms with Crippen molar-refractivity contribution in [3.8, 4) is 10.6 Å². The van der Waals surface area contributed by atoms with Crippen molar-refractivity contribution in [1.82, 2.24) is 10.3 Å². The lowest BCUT2D eigenvalue weighted by molar-refractivity contribution is -0.115. The molecule has 1 atom stereocenters. The predicted molar refractivity (Wildman–Crippen MR) is 187 cm³/mol. The van der Waals surface area contributed by atoms with Gasteiger partial charge in [0, 0.05) is 41.3 Å². The molecule has 0 aliphatic carbocycles. The maximum Gasteiger partial charge on any atom is 0.272 e. The molecule has 0 saturated carbocycles. The fraction of sp³-hybridized carbons (Fsp3) is 0.118. The molecule has 0 aliphatic rings. The van der Waals surface area contributed by atoms with Gasteiger partial charge in [-0.05, 0) is 78.5 Å². The van der Waals surface area contributed by atoms with E-state index in [0.717, 1.165) is 26.7 Å². The van der Waals surface area contributed by atoms with Crippen molar-refractivity contribution in [3.05, 3.63) is 119 Å². The Hall–Kier alpha value is -4.71. The van der Waals surface area contributed by atoms with Crippen molar-refractivity contribution in [1.29, 1.82) is 0 Å². The van der Waals surface area contributed by atoms with E-state index in [4.69, 9.17) is 0 Å². The normalized spacial score (nSPS) is 11.8. The first-order valence-corrected chi connectivity index (χ1v) is 16.6. The average Bonchev–Trinajstić information content (AvgIpc) is 3.75. The third-order valence-corrected chi connectivity index (χ3v) is 9.31. The van der Waals surface area contributed by atoms with Gasteiger partial charge >= 0.3 is 0 Å². The highest BCUT2D eigenvalue weighted by atomic mass is 32.2. The van der Waals surface area contributed by atoms with Crippen LogP contribution in [0, 0.1) is 0 Å². The average molecular weight is 654 g/mol. The van der Waals surface area contributed by atoms with Gasteiger partial charge < -0.3 is 20.9 Å². The highest BCUT2D eigenvalue weighted by molar-refractivity contribution is 8.00. The van der Waals surface area contributed by atoms with Crippen LogP contribution in [0.3, 0.4) is 0 Å². The Labute approximate surface area is 274 Å². The largest absolute Gasteiger partial charge is 0.378 e. The number of nitrogens with one attached hydrogen (secondary N) is 3. The van der Waals surface area contributed by atoms with Gasteiger partial charge in [-0.15, -0.1) is 34.4 Å². The van der Waals surface area contributed by atoms with Crippen LogP contribution in [0.25, 0.3) is 16.6 Å². The molecule has 0 aliphatic heterocycles. The zero-order chi connectivity index (χ0) is 31.8. The second-order valence-electron chi connectivity index (χ2n) is 10.1. The molecule has 228 valence electrons. The van der Waals surface area contributed by atoms with Crippen LogP contribution in [-0.2, 0) is 9.59 Å². The molecule has 5 rings (SSSR count). The lowest BCUT2D eigenvalue weighted by atomic mass is 10.1. The van der Waals surface area contributed by atoms with Gasteiger partial charge in [-0.25, -0.2) is 4.98 Å². The van der Waals surface area contributed by atoms with E-state index in [1.54, 1.807) is 53.8 Å². The number of nitrogens with zero attached hydrogens (tertiary/aromatic N) is 2. The summed E-state index contributed by atoms with van der Waals surface area (Å²) >= 11 is 4.40. The molecule has 45 heavy (non-hydrogen) atoms. The summed E-state index contributed by atoms with van der Waals surface area (Å²) in [6.07, 6.45) is 1.64. The highest BCUT2D eigenvalue weighted by Crippen LogP contribution is 2.30. The molecule has 5 aromatic rings. The third kappa shape index (κ3) is 8.69. The number of amides is 3. The van der Waals surface area contributed by atoms with Crippen molar-refractivity contribution in [2.75, 3.05) is 29.6 Å². The topological polar surface area (TPSA) is 103 Å². The van der Waals surface area contributed by atoms with Crippen molar-refractivity contribution in [2.45, 2.75) is 17.1 Å². The number of carbonyl (C=O) groups is 3. The molecule has 3 amide bonds. The lowest BCUT2D eigenvalue weighted by Gasteiger charge is -2.14. The molecular formula is C34H31N5O3S3. The Morgan fingerprint density at radius 1 is 0.867 bits per heavy atom. The van der Waals surface area contributed by atoms with Crippen LogP contribution in [0.5, 0.6) is 0 Å². The van der Waals surface area contributed by atoms with Gasteiger partial charge in [-0.3, -0.25) is 14.4 Å². The summed E-state index contributed by atoms with van der Waals surface area (Å²) in [5, 5.41) is 12.7. The minimum atomic E-state index is -0.463. The quantitative estimate of drug-likeness (QED) is 0.101. The lowest BCUT2D eigenvalue weighted by Crippen LogP contribution is -2.30. The van der Waals surface area contributed by atoms with Gasteiger partial charge in [-0.2, -0.15) is 0 Å². The predicted octanol–water partition coefficient (Wildman–Crippen LogP) is 7.47. The van der Waals surface area contributed by atoms with E-state index in [1.807, 2.05) is 91.3 Å². The van der Waals surface area contributed by atoms with E-state index in [2.05, 4.69) is 20.9 Å². The number of hydrogen-bond donors (Lipinski definition) is 3. The summed E-state index contributed by atoms with van der Waals surface area (Å²) in [5.41, 5.74) is 3.73. The number of rotatable bonds is 11. The van der Waals surface area contributed by atoms with E-state index in [0.29, 0.717) is 16.4 Å². The number of carbonyl (C=O) groups excluding carboxylic acids is 3. The van der Waals surface area contributed by atoms with Gasteiger partial charge in [0.15, 0.2) is 5.13 Å². The summed E-state index contributed by atoms with van der Waals surface area (Å²) in [5.74, 6) is -0.997. The summed E-state index contributed by atoms with van der Waals surface area (Å²) < 4.78 is 0. The smallest absolute Gasteiger partial charge is 0.272 e. The van der Waals surface area contributed by atoms with Gasteiger partial charge in [-0.1, -0.05) is 36.4 Å². The molecule has 0 spiro atoms. The Morgan fingerprint density at radius 2 is 1.60 bits per heavy atom. The number of thioether (sulfide) groups is 1. The van der Waals surface area contributed by atoms with Crippen LogP contribution in [0.4, 0.5) is 16.5 Å². The Morgan fingerprint density at radius 3 is 2.27 bits per heavy atom. The molecule has 2 heterocycles. The van der Waals surface area contributed by atoms with Crippen LogP contribution in [0.1, 0.15) is 22.8 Å². The molecule has 0 saturated heterocycles. The zero-order valence-corrected chi connectivity index (χ0v) is 27.3. The SMILES string of the molecule is CC(Sc1ccc(NC(=O)/C(=C/c2ccc(N(C)C)cc2)NC(=O)c2ccccc2)cc1)C(=O)Nc1nc(-c2cccs2)cs1. The van der Waals surface area contributed by atoms with Crippen LogP contribution >= 0.6 is 34.4 Å². The second kappa shape index (κ2) is 14.8. The van der Waals surface area contributed by atoms with E-state index < -0.39 is 5.91 Å². The van der Waals surface area contributed by atoms with Crippen LogP contribution in [0.2, 0.25) is 0 Å². The number of thiazole rings is 1. The fourth-order valence-electron chi connectivity index (χ4n) is 4.13. The Kier molecular flexibility index (Phi) is 10.5. The van der Waals surface area contributed by atoms with Crippen LogP contribution in [0.15, 0.2) is 112 Å². The summed E-state index contributed by atoms with van der Waals surface area (Å²) in [7, 11) is 3.90. The fourth-order valence-corrected chi connectivity index (χ4v) is 6.47. The number of anilines is 3. The second-order valence-corrected chi connectivity index (χ2v) is 13.3. The number of thiophene rings is 1. The Balaban J connectivity index is 1.23. The third-order valence-electron chi connectivity index (χ3n) is 6.55. The maximum absolute atomic E-state index is 13.4. The molecule has 1 unspecified atom stereocenters. The molecule has 3 N–H and O–H groups in total.